The van der Waals surface area contributed by atoms with Crippen molar-refractivity contribution in [1.29, 1.82) is 0 Å². The molecule has 0 aromatic carbocycles. The third-order valence-corrected chi connectivity index (χ3v) is 2.92. The van der Waals surface area contributed by atoms with Crippen molar-refractivity contribution in [2.75, 3.05) is 0 Å². The van der Waals surface area contributed by atoms with Crippen LogP contribution >= 0.6 is 0 Å². The lowest BCUT2D eigenvalue weighted by Crippen LogP contribution is -2.26. The first kappa shape index (κ1) is 11.0. The third-order valence-electron chi connectivity index (χ3n) is 2.92. The first-order valence-electron chi connectivity index (χ1n) is 5.98. The topological polar surface area (TPSA) is 57.6 Å². The lowest BCUT2D eigenvalue weighted by molar-refractivity contribution is -0.575. The Morgan fingerprint density at radius 3 is 3.00 bits per heavy atom. The van der Waals surface area contributed by atoms with E-state index in [2.05, 4.69) is 28.4 Å². The molecule has 0 aliphatic heterocycles. The number of hydrogen-bond acceptors (Lipinski definition) is 3. The second-order valence-corrected chi connectivity index (χ2v) is 4.85. The van der Waals surface area contributed by atoms with Crippen molar-refractivity contribution < 1.29 is 4.73 Å². The highest BCUT2D eigenvalue weighted by atomic mass is 16.5. The van der Waals surface area contributed by atoms with Crippen molar-refractivity contribution in [3.05, 3.63) is 36.1 Å². The molecule has 3 rings (SSSR count). The van der Waals surface area contributed by atoms with Crippen LogP contribution in [0.25, 0.3) is 22.1 Å². The molecule has 0 spiro atoms. The summed E-state index contributed by atoms with van der Waals surface area (Å²) in [5, 5.41) is 11.9. The smallest absolute Gasteiger partial charge is 0.244 e. The molecule has 0 radical (unpaired) electrons. The van der Waals surface area contributed by atoms with Crippen LogP contribution in [0.3, 0.4) is 0 Å². The Labute approximate surface area is 104 Å². The van der Waals surface area contributed by atoms with Crippen molar-refractivity contribution >= 4 is 22.1 Å². The van der Waals surface area contributed by atoms with Crippen LogP contribution in [0.4, 0.5) is 0 Å². The molecule has 0 amide bonds. The highest BCUT2D eigenvalue weighted by Crippen LogP contribution is 2.20. The van der Waals surface area contributed by atoms with E-state index in [1.54, 1.807) is 24.7 Å². The summed E-state index contributed by atoms with van der Waals surface area (Å²) in [5.74, 6) is 0.515. The normalized spacial score (nSPS) is 11.7. The molecule has 3 heterocycles. The first-order chi connectivity index (χ1) is 8.66. The number of fused-ring (bicyclic) bond motifs is 3. The van der Waals surface area contributed by atoms with Crippen molar-refractivity contribution in [1.82, 2.24) is 14.5 Å². The average Bonchev–Trinajstić information content (AvgIpc) is 2.72. The molecule has 0 bridgehead atoms. The predicted molar refractivity (Wildman–Crippen MR) is 68.8 cm³/mol. The number of pyridine rings is 2. The summed E-state index contributed by atoms with van der Waals surface area (Å²) in [6.07, 6.45) is 4.99. The van der Waals surface area contributed by atoms with Gasteiger partial charge in [0.05, 0.1) is 6.33 Å². The molecular formula is C13H14N4O. The largest absolute Gasteiger partial charge is 0.618 e. The van der Waals surface area contributed by atoms with E-state index in [-0.39, 0.29) is 0 Å². The molecular weight excluding hydrogens is 228 g/mol. The first-order valence-corrected chi connectivity index (χ1v) is 5.98. The highest BCUT2D eigenvalue weighted by Gasteiger charge is 2.15. The molecule has 0 aliphatic carbocycles. The molecule has 0 fully saturated rings. The van der Waals surface area contributed by atoms with E-state index in [4.69, 9.17) is 0 Å². The maximum absolute atomic E-state index is 11.9. The fourth-order valence-corrected chi connectivity index (χ4v) is 2.22. The summed E-state index contributed by atoms with van der Waals surface area (Å²) in [6.45, 7) is 5.17. The maximum Gasteiger partial charge on any atom is 0.244 e. The van der Waals surface area contributed by atoms with Gasteiger partial charge in [0.15, 0.2) is 11.0 Å². The average molecular weight is 242 g/mol. The molecule has 0 atom stereocenters. The molecule has 92 valence electrons. The summed E-state index contributed by atoms with van der Waals surface area (Å²) in [5.41, 5.74) is 2.92. The van der Waals surface area contributed by atoms with Crippen LogP contribution in [0.5, 0.6) is 0 Å². The highest BCUT2D eigenvalue weighted by molar-refractivity contribution is 5.97. The SMILES string of the molecule is CC(C)Cn1cnc2c[n+]([O-])c3cccnc3c21. The molecule has 3 aromatic rings. The maximum atomic E-state index is 11.9. The van der Waals surface area contributed by atoms with Gasteiger partial charge in [-0.15, -0.1) is 0 Å². The minimum absolute atomic E-state index is 0.515. The van der Waals surface area contributed by atoms with Gasteiger partial charge in [0.2, 0.25) is 11.7 Å². The number of nitrogens with zero attached hydrogens (tertiary/aromatic N) is 4. The Morgan fingerprint density at radius 1 is 1.39 bits per heavy atom. The van der Waals surface area contributed by atoms with Crippen LogP contribution in [0.1, 0.15) is 13.8 Å². The monoisotopic (exact) mass is 242 g/mol. The van der Waals surface area contributed by atoms with E-state index >= 15 is 0 Å². The zero-order valence-electron chi connectivity index (χ0n) is 10.4. The zero-order valence-corrected chi connectivity index (χ0v) is 10.4. The number of imidazole rings is 1. The van der Waals surface area contributed by atoms with Gasteiger partial charge in [0.1, 0.15) is 5.52 Å². The van der Waals surface area contributed by atoms with Gasteiger partial charge in [0.25, 0.3) is 0 Å². The third kappa shape index (κ3) is 1.59. The second kappa shape index (κ2) is 3.94. The molecule has 3 aromatic heterocycles. The Hall–Kier alpha value is -2.17. The fraction of sp³-hybridized carbons (Fsp3) is 0.308. The summed E-state index contributed by atoms with van der Waals surface area (Å²) in [6, 6.07) is 3.55. The Bertz CT molecular complexity index is 717. The molecule has 0 aliphatic rings. The summed E-state index contributed by atoms with van der Waals surface area (Å²) >= 11 is 0. The van der Waals surface area contributed by atoms with Crippen LogP contribution in [-0.2, 0) is 6.54 Å². The van der Waals surface area contributed by atoms with E-state index in [1.165, 1.54) is 6.20 Å². The van der Waals surface area contributed by atoms with E-state index in [0.29, 0.717) is 22.5 Å². The van der Waals surface area contributed by atoms with Gasteiger partial charge >= 0.3 is 0 Å². The fourth-order valence-electron chi connectivity index (χ4n) is 2.22. The minimum Gasteiger partial charge on any atom is -0.618 e. The predicted octanol–water partition coefficient (Wildman–Crippen LogP) is 1.87. The summed E-state index contributed by atoms with van der Waals surface area (Å²) in [7, 11) is 0. The second-order valence-electron chi connectivity index (χ2n) is 4.85. The van der Waals surface area contributed by atoms with Gasteiger partial charge in [-0.2, -0.15) is 4.73 Å². The summed E-state index contributed by atoms with van der Waals surface area (Å²) in [4.78, 5) is 8.61. The number of aromatic nitrogens is 4. The number of rotatable bonds is 2. The Balaban J connectivity index is 2.39. The molecule has 0 saturated carbocycles. The standard InChI is InChI=1S/C13H14N4O/c1-9(2)6-16-8-15-10-7-17(18)11-4-3-5-14-12(11)13(10)16/h3-5,7-9H,6H2,1-2H3. The van der Waals surface area contributed by atoms with Crippen LogP contribution in [0.15, 0.2) is 30.9 Å². The Morgan fingerprint density at radius 2 is 2.22 bits per heavy atom. The van der Waals surface area contributed by atoms with Crippen LogP contribution < -0.4 is 4.73 Å². The summed E-state index contributed by atoms with van der Waals surface area (Å²) < 4.78 is 2.90. The van der Waals surface area contributed by atoms with Gasteiger partial charge in [-0.25, -0.2) is 9.97 Å². The van der Waals surface area contributed by atoms with Crippen LogP contribution in [-0.4, -0.2) is 14.5 Å². The molecule has 0 N–H and O–H groups in total. The molecule has 18 heavy (non-hydrogen) atoms. The Kier molecular flexibility index (Phi) is 2.40. The van der Waals surface area contributed by atoms with Gasteiger partial charge in [-0.3, -0.25) is 0 Å². The lowest BCUT2D eigenvalue weighted by Gasteiger charge is -2.08. The van der Waals surface area contributed by atoms with Gasteiger partial charge in [-0.05, 0) is 12.0 Å². The van der Waals surface area contributed by atoms with Gasteiger partial charge < -0.3 is 9.77 Å². The van der Waals surface area contributed by atoms with Crippen LogP contribution in [0, 0.1) is 11.1 Å². The van der Waals surface area contributed by atoms with Crippen LogP contribution in [0.2, 0.25) is 0 Å². The number of hydrogen-bond donors (Lipinski definition) is 0. The van der Waals surface area contributed by atoms with E-state index in [9.17, 15) is 5.21 Å². The zero-order chi connectivity index (χ0) is 12.7. The van der Waals surface area contributed by atoms with E-state index in [1.807, 2.05) is 0 Å². The van der Waals surface area contributed by atoms with Crippen molar-refractivity contribution in [2.24, 2.45) is 5.92 Å². The van der Waals surface area contributed by atoms with E-state index < -0.39 is 0 Å². The van der Waals surface area contributed by atoms with Gasteiger partial charge in [-0.1, -0.05) is 13.8 Å². The molecule has 0 saturated heterocycles. The molecule has 5 heteroatoms. The van der Waals surface area contributed by atoms with E-state index in [0.717, 1.165) is 16.8 Å². The van der Waals surface area contributed by atoms with Crippen molar-refractivity contribution in [2.45, 2.75) is 20.4 Å². The van der Waals surface area contributed by atoms with Crippen molar-refractivity contribution in [3.63, 3.8) is 0 Å². The molecule has 5 nitrogen and oxygen atoms in total. The van der Waals surface area contributed by atoms with Crippen molar-refractivity contribution in [3.8, 4) is 0 Å². The minimum atomic E-state index is 0.515. The van der Waals surface area contributed by atoms with Gasteiger partial charge in [0, 0.05) is 18.8 Å². The quantitative estimate of drug-likeness (QED) is 0.509. The molecule has 0 unspecified atom stereocenters. The lowest BCUT2D eigenvalue weighted by atomic mass is 10.2.